The summed E-state index contributed by atoms with van der Waals surface area (Å²) in [5.74, 6) is 0.805. The zero-order chi connectivity index (χ0) is 11.7. The lowest BCUT2D eigenvalue weighted by molar-refractivity contribution is 0.219. The van der Waals surface area contributed by atoms with Gasteiger partial charge in [0.25, 0.3) is 0 Å². The smallest absolute Gasteiger partial charge is 0.329 e. The van der Waals surface area contributed by atoms with Gasteiger partial charge in [0, 0.05) is 20.5 Å². The molecule has 0 radical (unpaired) electrons. The van der Waals surface area contributed by atoms with Crippen molar-refractivity contribution >= 4 is 17.1 Å². The van der Waals surface area contributed by atoms with E-state index >= 15 is 0 Å². The van der Waals surface area contributed by atoms with Gasteiger partial charge in [-0.3, -0.25) is 0 Å². The summed E-state index contributed by atoms with van der Waals surface area (Å²) in [5, 5.41) is 0. The van der Waals surface area contributed by atoms with Crippen molar-refractivity contribution in [3.8, 4) is 0 Å². The van der Waals surface area contributed by atoms with Gasteiger partial charge in [-0.05, 0) is 12.1 Å². The first-order valence-corrected chi connectivity index (χ1v) is 5.33. The molecule has 4 nitrogen and oxygen atoms in total. The molecule has 0 aliphatic carbocycles. The zero-order valence-electron chi connectivity index (χ0n) is 9.77. The number of aromatic nitrogens is 2. The van der Waals surface area contributed by atoms with E-state index in [0.717, 1.165) is 23.3 Å². The molecular formula is C12H15N3O. The first-order valence-electron chi connectivity index (χ1n) is 5.33. The Balaban J connectivity index is 2.69. The Morgan fingerprint density at radius 1 is 1.38 bits per heavy atom. The largest absolute Gasteiger partial charge is 0.330 e. The fourth-order valence-corrected chi connectivity index (χ4v) is 1.73. The van der Waals surface area contributed by atoms with Crippen molar-refractivity contribution in [3.05, 3.63) is 30.1 Å². The number of amides is 1. The van der Waals surface area contributed by atoms with Crippen LogP contribution in [0.25, 0.3) is 11.0 Å². The summed E-state index contributed by atoms with van der Waals surface area (Å²) in [6, 6.07) is 7.64. The van der Waals surface area contributed by atoms with E-state index in [2.05, 4.69) is 4.98 Å². The summed E-state index contributed by atoms with van der Waals surface area (Å²) in [5.41, 5.74) is 1.74. The van der Waals surface area contributed by atoms with E-state index in [4.69, 9.17) is 0 Å². The van der Waals surface area contributed by atoms with Crippen molar-refractivity contribution in [2.45, 2.75) is 13.3 Å². The van der Waals surface area contributed by atoms with E-state index < -0.39 is 0 Å². The molecule has 4 heteroatoms. The Kier molecular flexibility index (Phi) is 2.64. The summed E-state index contributed by atoms with van der Waals surface area (Å²) in [4.78, 5) is 18.1. The normalized spacial score (nSPS) is 10.7. The number of carbonyl (C=O) groups excluding carboxylic acids is 1. The van der Waals surface area contributed by atoms with Crippen LogP contribution in [-0.2, 0) is 6.42 Å². The maximum absolute atomic E-state index is 12.0. The average Bonchev–Trinajstić information content (AvgIpc) is 2.66. The molecule has 0 aliphatic heterocycles. The van der Waals surface area contributed by atoms with E-state index in [1.165, 1.54) is 0 Å². The van der Waals surface area contributed by atoms with Crippen LogP contribution in [0.5, 0.6) is 0 Å². The SMILES string of the molecule is CCc1nc2ccccc2n1C(=O)N(C)C. The quantitative estimate of drug-likeness (QED) is 0.734. The van der Waals surface area contributed by atoms with Gasteiger partial charge in [-0.2, -0.15) is 0 Å². The van der Waals surface area contributed by atoms with Gasteiger partial charge in [0.1, 0.15) is 5.82 Å². The van der Waals surface area contributed by atoms with Crippen molar-refractivity contribution in [2.75, 3.05) is 14.1 Å². The highest BCUT2D eigenvalue weighted by atomic mass is 16.2. The Labute approximate surface area is 94.5 Å². The zero-order valence-corrected chi connectivity index (χ0v) is 9.77. The number of hydrogen-bond donors (Lipinski definition) is 0. The van der Waals surface area contributed by atoms with Crippen LogP contribution in [0.15, 0.2) is 24.3 Å². The number of nitrogens with zero attached hydrogens (tertiary/aromatic N) is 3. The highest BCUT2D eigenvalue weighted by Crippen LogP contribution is 2.16. The van der Waals surface area contributed by atoms with Gasteiger partial charge in [0.2, 0.25) is 0 Å². The summed E-state index contributed by atoms with van der Waals surface area (Å²) < 4.78 is 1.68. The van der Waals surface area contributed by atoms with Crippen molar-refractivity contribution in [2.24, 2.45) is 0 Å². The van der Waals surface area contributed by atoms with Gasteiger partial charge >= 0.3 is 6.03 Å². The molecule has 2 aromatic rings. The lowest BCUT2D eigenvalue weighted by atomic mass is 10.3. The molecular weight excluding hydrogens is 202 g/mol. The van der Waals surface area contributed by atoms with Crippen LogP contribution in [0.3, 0.4) is 0 Å². The van der Waals surface area contributed by atoms with Crippen molar-refractivity contribution < 1.29 is 4.79 Å². The standard InChI is InChI=1S/C12H15N3O/c1-4-11-13-9-7-5-6-8-10(9)15(11)12(16)14(2)3/h5-8H,4H2,1-3H3. The third kappa shape index (κ3) is 1.56. The summed E-state index contributed by atoms with van der Waals surface area (Å²) in [6.07, 6.45) is 0.744. The van der Waals surface area contributed by atoms with E-state index in [-0.39, 0.29) is 6.03 Å². The van der Waals surface area contributed by atoms with E-state index in [0.29, 0.717) is 0 Å². The Hall–Kier alpha value is -1.84. The van der Waals surface area contributed by atoms with Crippen LogP contribution >= 0.6 is 0 Å². The van der Waals surface area contributed by atoms with Crippen molar-refractivity contribution in [1.82, 2.24) is 14.5 Å². The molecule has 1 aromatic heterocycles. The number of carbonyl (C=O) groups is 1. The maximum atomic E-state index is 12.0. The molecule has 0 fully saturated rings. The molecule has 2 rings (SSSR count). The van der Waals surface area contributed by atoms with Gasteiger partial charge in [0.15, 0.2) is 0 Å². The van der Waals surface area contributed by atoms with Crippen LogP contribution in [0.4, 0.5) is 4.79 Å². The molecule has 1 heterocycles. The number of hydrogen-bond acceptors (Lipinski definition) is 2. The molecule has 0 saturated heterocycles. The Bertz CT molecular complexity index is 528. The number of rotatable bonds is 1. The molecule has 0 spiro atoms. The van der Waals surface area contributed by atoms with Gasteiger partial charge in [-0.1, -0.05) is 19.1 Å². The highest BCUT2D eigenvalue weighted by molar-refractivity contribution is 5.89. The van der Waals surface area contributed by atoms with Crippen LogP contribution in [0.1, 0.15) is 12.7 Å². The minimum Gasteiger partial charge on any atom is -0.330 e. The second-order valence-electron chi connectivity index (χ2n) is 3.88. The van der Waals surface area contributed by atoms with Gasteiger partial charge in [-0.15, -0.1) is 0 Å². The van der Waals surface area contributed by atoms with Crippen LogP contribution in [0, 0.1) is 0 Å². The third-order valence-corrected chi connectivity index (χ3v) is 2.52. The summed E-state index contributed by atoms with van der Waals surface area (Å²) in [7, 11) is 3.49. The minimum absolute atomic E-state index is 0.0504. The molecule has 1 amide bonds. The van der Waals surface area contributed by atoms with Crippen molar-refractivity contribution in [3.63, 3.8) is 0 Å². The van der Waals surface area contributed by atoms with E-state index in [9.17, 15) is 4.79 Å². The molecule has 0 atom stereocenters. The van der Waals surface area contributed by atoms with Crippen LogP contribution in [0.2, 0.25) is 0 Å². The number of benzene rings is 1. The second kappa shape index (κ2) is 3.96. The van der Waals surface area contributed by atoms with Gasteiger partial charge in [-0.25, -0.2) is 14.3 Å². The molecule has 1 aromatic carbocycles. The van der Waals surface area contributed by atoms with Crippen molar-refractivity contribution in [1.29, 1.82) is 0 Å². The lowest BCUT2D eigenvalue weighted by Crippen LogP contribution is -2.28. The molecule has 0 saturated carbocycles. The first kappa shape index (κ1) is 10.7. The minimum atomic E-state index is -0.0504. The predicted molar refractivity (Wildman–Crippen MR) is 63.6 cm³/mol. The number of fused-ring (bicyclic) bond motifs is 1. The molecule has 84 valence electrons. The third-order valence-electron chi connectivity index (χ3n) is 2.52. The van der Waals surface area contributed by atoms with E-state index in [1.807, 2.05) is 31.2 Å². The van der Waals surface area contributed by atoms with Crippen LogP contribution < -0.4 is 0 Å². The fraction of sp³-hybridized carbons (Fsp3) is 0.333. The van der Waals surface area contributed by atoms with Crippen LogP contribution in [-0.4, -0.2) is 34.6 Å². The second-order valence-corrected chi connectivity index (χ2v) is 3.88. The monoisotopic (exact) mass is 217 g/mol. The molecule has 0 bridgehead atoms. The number of aryl methyl sites for hydroxylation is 1. The Morgan fingerprint density at radius 3 is 2.69 bits per heavy atom. The fourth-order valence-electron chi connectivity index (χ4n) is 1.73. The highest BCUT2D eigenvalue weighted by Gasteiger charge is 2.16. The van der Waals surface area contributed by atoms with Gasteiger partial charge in [0.05, 0.1) is 11.0 Å². The number of para-hydroxylation sites is 2. The summed E-state index contributed by atoms with van der Waals surface area (Å²) in [6.45, 7) is 2.00. The number of imidazole rings is 1. The van der Waals surface area contributed by atoms with E-state index in [1.54, 1.807) is 23.6 Å². The average molecular weight is 217 g/mol. The molecule has 0 N–H and O–H groups in total. The molecule has 0 unspecified atom stereocenters. The molecule has 16 heavy (non-hydrogen) atoms. The first-order chi connectivity index (χ1) is 7.65. The Morgan fingerprint density at radius 2 is 2.06 bits per heavy atom. The molecule has 0 aliphatic rings. The topological polar surface area (TPSA) is 38.1 Å². The van der Waals surface area contributed by atoms with Gasteiger partial charge < -0.3 is 4.90 Å². The summed E-state index contributed by atoms with van der Waals surface area (Å²) >= 11 is 0. The predicted octanol–water partition coefficient (Wildman–Crippen LogP) is 2.13. The maximum Gasteiger partial charge on any atom is 0.329 e. The lowest BCUT2D eigenvalue weighted by Gasteiger charge is -2.13.